The van der Waals surface area contributed by atoms with Crippen LogP contribution in [0.25, 0.3) is 0 Å². The van der Waals surface area contributed by atoms with Gasteiger partial charge in [0.25, 0.3) is 0 Å². The van der Waals surface area contributed by atoms with Gasteiger partial charge in [-0.05, 0) is 18.6 Å². The minimum atomic E-state index is -0.502. The molecule has 132 valence electrons. The molecule has 0 aromatic heterocycles. The summed E-state index contributed by atoms with van der Waals surface area (Å²) in [5.41, 5.74) is 2.94. The van der Waals surface area contributed by atoms with E-state index in [9.17, 15) is 9.59 Å². The number of amides is 2. The first-order valence-electron chi connectivity index (χ1n) is 7.41. The minimum Gasteiger partial charge on any atom is -0.493 e. The Kier molecular flexibility index (Phi) is 8.91. The molecule has 0 radical (unpaired) electrons. The lowest BCUT2D eigenvalue weighted by molar-refractivity contribution is -0.129. The van der Waals surface area contributed by atoms with Crippen LogP contribution in [0.1, 0.15) is 18.4 Å². The molecule has 24 heavy (non-hydrogen) atoms. The molecule has 1 rings (SSSR count). The molecule has 0 heterocycles. The van der Waals surface area contributed by atoms with Crippen LogP contribution in [-0.2, 0) is 14.3 Å². The van der Waals surface area contributed by atoms with Crippen LogP contribution in [0.3, 0.4) is 0 Å². The van der Waals surface area contributed by atoms with Crippen molar-refractivity contribution >= 4 is 18.0 Å². The lowest BCUT2D eigenvalue weighted by Crippen LogP contribution is -2.30. The number of benzene rings is 1. The number of hydrogen-bond donors (Lipinski definition) is 2. The predicted octanol–water partition coefficient (Wildman–Crippen LogP) is 0.697. The number of rotatable bonds is 10. The Balaban J connectivity index is 2.47. The number of hydrazone groups is 1. The number of carbonyl (C=O) groups excluding carboxylic acids is 2. The standard InChI is InChI=1S/C16H23N3O5/c1-22-9-5-8-17-14(20)10-15(21)19-18-11-12-6-4-7-13(23-2)16(12)24-3/h4,6-7,11H,5,8-10H2,1-3H3,(H,17,20)(H,19,21)/b18-11-. The van der Waals surface area contributed by atoms with E-state index in [0.717, 1.165) is 0 Å². The van der Waals surface area contributed by atoms with Crippen LogP contribution < -0.4 is 20.2 Å². The summed E-state index contributed by atoms with van der Waals surface area (Å²) in [5, 5.41) is 6.45. The first kappa shape index (κ1) is 19.4. The van der Waals surface area contributed by atoms with Crippen LogP contribution in [0.2, 0.25) is 0 Å². The number of hydrogen-bond acceptors (Lipinski definition) is 6. The molecule has 0 fully saturated rings. The summed E-state index contributed by atoms with van der Waals surface area (Å²) < 4.78 is 15.3. The second-order valence-corrected chi connectivity index (χ2v) is 4.75. The van der Waals surface area contributed by atoms with Gasteiger partial charge in [-0.3, -0.25) is 9.59 Å². The zero-order chi connectivity index (χ0) is 17.8. The van der Waals surface area contributed by atoms with Crippen LogP contribution in [0.5, 0.6) is 11.5 Å². The van der Waals surface area contributed by atoms with Crippen molar-refractivity contribution < 1.29 is 23.8 Å². The Morgan fingerprint density at radius 2 is 1.96 bits per heavy atom. The highest BCUT2D eigenvalue weighted by atomic mass is 16.5. The van der Waals surface area contributed by atoms with Gasteiger partial charge in [0.05, 0.1) is 20.4 Å². The maximum atomic E-state index is 11.6. The van der Waals surface area contributed by atoms with Gasteiger partial charge in [0.2, 0.25) is 11.8 Å². The highest BCUT2D eigenvalue weighted by molar-refractivity contribution is 5.97. The third-order valence-corrected chi connectivity index (χ3v) is 2.99. The van der Waals surface area contributed by atoms with Crippen LogP contribution in [-0.4, -0.2) is 52.5 Å². The van der Waals surface area contributed by atoms with Gasteiger partial charge in [0.1, 0.15) is 6.42 Å². The Bertz CT molecular complexity index is 575. The van der Waals surface area contributed by atoms with Gasteiger partial charge in [0.15, 0.2) is 11.5 Å². The molecule has 8 heteroatoms. The average molecular weight is 337 g/mol. The third-order valence-electron chi connectivity index (χ3n) is 2.99. The molecule has 8 nitrogen and oxygen atoms in total. The Hall–Kier alpha value is -2.61. The average Bonchev–Trinajstić information content (AvgIpc) is 2.58. The summed E-state index contributed by atoms with van der Waals surface area (Å²) in [4.78, 5) is 23.2. The molecule has 0 aliphatic heterocycles. The molecular formula is C16H23N3O5. The maximum Gasteiger partial charge on any atom is 0.249 e. The van der Waals surface area contributed by atoms with Crippen LogP contribution in [0.4, 0.5) is 0 Å². The van der Waals surface area contributed by atoms with E-state index >= 15 is 0 Å². The normalized spacial score (nSPS) is 10.5. The van der Waals surface area contributed by atoms with Gasteiger partial charge >= 0.3 is 0 Å². The van der Waals surface area contributed by atoms with Crippen molar-refractivity contribution in [3.63, 3.8) is 0 Å². The Morgan fingerprint density at radius 3 is 2.62 bits per heavy atom. The van der Waals surface area contributed by atoms with Crippen molar-refractivity contribution in [3.05, 3.63) is 23.8 Å². The van der Waals surface area contributed by atoms with Crippen molar-refractivity contribution in [1.29, 1.82) is 0 Å². The Morgan fingerprint density at radius 1 is 1.17 bits per heavy atom. The molecule has 0 aliphatic carbocycles. The van der Waals surface area contributed by atoms with Crippen molar-refractivity contribution in [2.75, 3.05) is 34.5 Å². The van der Waals surface area contributed by atoms with Crippen molar-refractivity contribution in [2.24, 2.45) is 5.10 Å². The van der Waals surface area contributed by atoms with E-state index < -0.39 is 5.91 Å². The van der Waals surface area contributed by atoms with Gasteiger partial charge in [-0.15, -0.1) is 0 Å². The summed E-state index contributed by atoms with van der Waals surface area (Å²) in [5.74, 6) is 0.201. The Labute approximate surface area is 141 Å². The van der Waals surface area contributed by atoms with E-state index in [-0.39, 0.29) is 12.3 Å². The number of nitrogens with zero attached hydrogens (tertiary/aromatic N) is 1. The lowest BCUT2D eigenvalue weighted by Gasteiger charge is -2.09. The summed E-state index contributed by atoms with van der Waals surface area (Å²) in [7, 11) is 4.64. The summed E-state index contributed by atoms with van der Waals surface area (Å²) in [6, 6.07) is 5.29. The van der Waals surface area contributed by atoms with Gasteiger partial charge in [-0.2, -0.15) is 5.10 Å². The molecule has 0 unspecified atom stereocenters. The van der Waals surface area contributed by atoms with E-state index in [1.807, 2.05) is 0 Å². The van der Waals surface area contributed by atoms with Gasteiger partial charge in [-0.25, -0.2) is 5.43 Å². The van der Waals surface area contributed by atoms with E-state index in [2.05, 4.69) is 15.8 Å². The largest absolute Gasteiger partial charge is 0.493 e. The molecule has 0 saturated carbocycles. The molecule has 0 spiro atoms. The maximum absolute atomic E-state index is 11.6. The molecule has 0 bridgehead atoms. The summed E-state index contributed by atoms with van der Waals surface area (Å²) in [6.07, 6.45) is 1.83. The zero-order valence-electron chi connectivity index (χ0n) is 14.1. The first-order valence-corrected chi connectivity index (χ1v) is 7.41. The van der Waals surface area contributed by atoms with Gasteiger partial charge in [0, 0.05) is 25.8 Å². The fraction of sp³-hybridized carbons (Fsp3) is 0.438. The summed E-state index contributed by atoms with van der Waals surface area (Å²) >= 11 is 0. The first-order chi connectivity index (χ1) is 11.6. The molecule has 0 saturated heterocycles. The van der Waals surface area contributed by atoms with E-state index in [1.165, 1.54) is 20.4 Å². The SMILES string of the molecule is COCCCNC(=O)CC(=O)N/N=C\c1cccc(OC)c1OC. The quantitative estimate of drug-likeness (QED) is 0.283. The topological polar surface area (TPSA) is 98.2 Å². The molecule has 0 atom stereocenters. The third kappa shape index (κ3) is 6.66. The number of carbonyl (C=O) groups is 2. The van der Waals surface area contributed by atoms with E-state index in [4.69, 9.17) is 14.2 Å². The van der Waals surface area contributed by atoms with Crippen LogP contribution in [0.15, 0.2) is 23.3 Å². The highest BCUT2D eigenvalue weighted by Crippen LogP contribution is 2.29. The minimum absolute atomic E-state index is 0.292. The number of para-hydroxylation sites is 1. The molecule has 2 N–H and O–H groups in total. The van der Waals surface area contributed by atoms with Crippen molar-refractivity contribution in [3.8, 4) is 11.5 Å². The van der Waals surface area contributed by atoms with Crippen molar-refractivity contribution in [1.82, 2.24) is 10.7 Å². The van der Waals surface area contributed by atoms with Gasteiger partial charge in [-0.1, -0.05) is 6.07 Å². The second kappa shape index (κ2) is 11.0. The molecule has 0 aliphatic rings. The lowest BCUT2D eigenvalue weighted by atomic mass is 10.2. The van der Waals surface area contributed by atoms with Crippen LogP contribution in [0, 0.1) is 0 Å². The number of nitrogens with one attached hydrogen (secondary N) is 2. The van der Waals surface area contributed by atoms with Gasteiger partial charge < -0.3 is 19.5 Å². The second-order valence-electron chi connectivity index (χ2n) is 4.75. The monoisotopic (exact) mass is 337 g/mol. The fourth-order valence-electron chi connectivity index (χ4n) is 1.88. The molecule has 1 aromatic carbocycles. The van der Waals surface area contributed by atoms with E-state index in [0.29, 0.717) is 36.6 Å². The highest BCUT2D eigenvalue weighted by Gasteiger charge is 2.09. The fourth-order valence-corrected chi connectivity index (χ4v) is 1.88. The zero-order valence-corrected chi connectivity index (χ0v) is 14.1. The smallest absolute Gasteiger partial charge is 0.249 e. The molecular weight excluding hydrogens is 314 g/mol. The summed E-state index contributed by atoms with van der Waals surface area (Å²) in [6.45, 7) is 1.02. The van der Waals surface area contributed by atoms with Crippen LogP contribution >= 0.6 is 0 Å². The predicted molar refractivity (Wildman–Crippen MR) is 89.4 cm³/mol. The molecule has 2 amide bonds. The number of methoxy groups -OCH3 is 3. The van der Waals surface area contributed by atoms with E-state index in [1.54, 1.807) is 25.3 Å². The number of ether oxygens (including phenoxy) is 3. The van der Waals surface area contributed by atoms with Crippen molar-refractivity contribution in [2.45, 2.75) is 12.8 Å². The molecule has 1 aromatic rings.